The van der Waals surface area contributed by atoms with Crippen molar-refractivity contribution in [1.82, 2.24) is 13.9 Å². The van der Waals surface area contributed by atoms with Crippen molar-refractivity contribution in [3.63, 3.8) is 0 Å². The summed E-state index contributed by atoms with van der Waals surface area (Å²) < 4.78 is 28.7. The van der Waals surface area contributed by atoms with E-state index in [4.69, 9.17) is 0 Å². The van der Waals surface area contributed by atoms with E-state index in [1.54, 1.807) is 8.61 Å². The standard InChI is InChI=1S/C14H27N3O2S/c1-12-6-8-17(10-12)20(18,19)16-7-2-3-13(11-16)9-15-14-4-5-14/h12-15H,2-11H2,1H3. The molecule has 1 N–H and O–H groups in total. The summed E-state index contributed by atoms with van der Waals surface area (Å²) in [6.45, 7) is 5.91. The number of hydrogen-bond acceptors (Lipinski definition) is 3. The van der Waals surface area contributed by atoms with Crippen LogP contribution in [-0.4, -0.2) is 55.8 Å². The second-order valence-electron chi connectivity index (χ2n) is 6.81. The summed E-state index contributed by atoms with van der Waals surface area (Å²) in [4.78, 5) is 0. The van der Waals surface area contributed by atoms with Gasteiger partial charge in [-0.1, -0.05) is 6.92 Å². The van der Waals surface area contributed by atoms with Gasteiger partial charge in [0, 0.05) is 32.2 Å². The van der Waals surface area contributed by atoms with Gasteiger partial charge in [0.2, 0.25) is 0 Å². The first-order chi connectivity index (χ1) is 9.55. The Morgan fingerprint density at radius 3 is 2.45 bits per heavy atom. The number of nitrogens with zero attached hydrogens (tertiary/aromatic N) is 2. The van der Waals surface area contributed by atoms with Crippen LogP contribution >= 0.6 is 0 Å². The summed E-state index contributed by atoms with van der Waals surface area (Å²) in [5.74, 6) is 0.987. The molecule has 5 nitrogen and oxygen atoms in total. The SMILES string of the molecule is CC1CCN(S(=O)(=O)N2CCCC(CNC3CC3)C2)C1. The molecule has 0 aromatic carbocycles. The second-order valence-corrected chi connectivity index (χ2v) is 8.74. The molecule has 2 saturated heterocycles. The highest BCUT2D eigenvalue weighted by Crippen LogP contribution is 2.26. The van der Waals surface area contributed by atoms with Gasteiger partial charge in [0.25, 0.3) is 10.2 Å². The molecule has 0 amide bonds. The lowest BCUT2D eigenvalue weighted by Gasteiger charge is -2.34. The van der Waals surface area contributed by atoms with Crippen molar-refractivity contribution in [1.29, 1.82) is 0 Å². The molecule has 2 atom stereocenters. The van der Waals surface area contributed by atoms with E-state index >= 15 is 0 Å². The van der Waals surface area contributed by atoms with Gasteiger partial charge in [-0.25, -0.2) is 0 Å². The third-order valence-corrected chi connectivity index (χ3v) is 6.76. The molecule has 3 rings (SSSR count). The Hall–Kier alpha value is -0.170. The van der Waals surface area contributed by atoms with E-state index in [9.17, 15) is 8.42 Å². The van der Waals surface area contributed by atoms with Crippen LogP contribution in [0.3, 0.4) is 0 Å². The van der Waals surface area contributed by atoms with E-state index < -0.39 is 10.2 Å². The summed E-state index contributed by atoms with van der Waals surface area (Å²) in [5, 5.41) is 3.54. The summed E-state index contributed by atoms with van der Waals surface area (Å²) in [5.41, 5.74) is 0. The normalized spacial score (nSPS) is 33.6. The molecule has 2 aliphatic heterocycles. The monoisotopic (exact) mass is 301 g/mol. The third kappa shape index (κ3) is 3.35. The van der Waals surface area contributed by atoms with E-state index in [0.29, 0.717) is 44.1 Å². The van der Waals surface area contributed by atoms with Gasteiger partial charge in [0.15, 0.2) is 0 Å². The van der Waals surface area contributed by atoms with Crippen LogP contribution in [-0.2, 0) is 10.2 Å². The molecule has 3 fully saturated rings. The molecule has 2 heterocycles. The molecular weight excluding hydrogens is 274 g/mol. The first-order valence-corrected chi connectivity index (χ1v) is 9.44. The van der Waals surface area contributed by atoms with E-state index in [1.165, 1.54) is 12.8 Å². The van der Waals surface area contributed by atoms with Crippen LogP contribution in [0.25, 0.3) is 0 Å². The molecule has 0 spiro atoms. The third-order valence-electron chi connectivity index (χ3n) is 4.79. The summed E-state index contributed by atoms with van der Waals surface area (Å²) >= 11 is 0. The fourth-order valence-electron chi connectivity index (χ4n) is 3.29. The van der Waals surface area contributed by atoms with E-state index in [1.807, 2.05) is 0 Å². The number of nitrogens with one attached hydrogen (secondary N) is 1. The zero-order valence-electron chi connectivity index (χ0n) is 12.4. The Bertz CT molecular complexity index is 436. The van der Waals surface area contributed by atoms with Crippen LogP contribution in [0.15, 0.2) is 0 Å². The van der Waals surface area contributed by atoms with Crippen molar-refractivity contribution in [3.05, 3.63) is 0 Å². The Morgan fingerprint density at radius 2 is 1.80 bits per heavy atom. The fourth-order valence-corrected chi connectivity index (χ4v) is 5.16. The quantitative estimate of drug-likeness (QED) is 0.825. The van der Waals surface area contributed by atoms with Gasteiger partial charge in [0.05, 0.1) is 0 Å². The van der Waals surface area contributed by atoms with Gasteiger partial charge >= 0.3 is 0 Å². The van der Waals surface area contributed by atoms with Gasteiger partial charge in [-0.15, -0.1) is 0 Å². The van der Waals surface area contributed by atoms with Gasteiger partial charge in [-0.3, -0.25) is 0 Å². The van der Waals surface area contributed by atoms with E-state index in [2.05, 4.69) is 12.2 Å². The van der Waals surface area contributed by atoms with Crippen molar-refractivity contribution in [3.8, 4) is 0 Å². The molecule has 0 aromatic rings. The molecule has 1 aliphatic carbocycles. The van der Waals surface area contributed by atoms with Crippen LogP contribution in [0.1, 0.15) is 39.0 Å². The highest BCUT2D eigenvalue weighted by Gasteiger charge is 2.36. The predicted octanol–water partition coefficient (Wildman–Crippen LogP) is 1.04. The zero-order chi connectivity index (χ0) is 14.2. The average Bonchev–Trinajstić information content (AvgIpc) is 3.16. The van der Waals surface area contributed by atoms with Crippen molar-refractivity contribution in [2.75, 3.05) is 32.7 Å². The highest BCUT2D eigenvalue weighted by molar-refractivity contribution is 7.86. The lowest BCUT2D eigenvalue weighted by Crippen LogP contribution is -2.48. The minimum atomic E-state index is -3.21. The average molecular weight is 301 g/mol. The first-order valence-electron chi connectivity index (χ1n) is 8.04. The summed E-state index contributed by atoms with van der Waals surface area (Å²) in [6, 6.07) is 0.710. The molecule has 0 radical (unpaired) electrons. The molecule has 116 valence electrons. The molecular formula is C14H27N3O2S. The molecule has 2 unspecified atom stereocenters. The van der Waals surface area contributed by atoms with Gasteiger partial charge in [-0.2, -0.15) is 17.0 Å². The fraction of sp³-hybridized carbons (Fsp3) is 1.00. The maximum absolute atomic E-state index is 12.7. The van der Waals surface area contributed by atoms with Crippen LogP contribution in [0.5, 0.6) is 0 Å². The van der Waals surface area contributed by atoms with Crippen LogP contribution in [0.2, 0.25) is 0 Å². The van der Waals surface area contributed by atoms with Crippen molar-refractivity contribution in [2.45, 2.75) is 45.1 Å². The van der Waals surface area contributed by atoms with Gasteiger partial charge in [0.1, 0.15) is 0 Å². The molecule has 0 bridgehead atoms. The largest absolute Gasteiger partial charge is 0.314 e. The molecule has 20 heavy (non-hydrogen) atoms. The highest BCUT2D eigenvalue weighted by atomic mass is 32.2. The molecule has 0 aromatic heterocycles. The Morgan fingerprint density at radius 1 is 1.05 bits per heavy atom. The van der Waals surface area contributed by atoms with Gasteiger partial charge < -0.3 is 5.32 Å². The van der Waals surface area contributed by atoms with Gasteiger partial charge in [-0.05, 0) is 50.5 Å². The summed E-state index contributed by atoms with van der Waals surface area (Å²) in [6.07, 6.45) is 5.74. The maximum Gasteiger partial charge on any atom is 0.281 e. The maximum atomic E-state index is 12.7. The van der Waals surface area contributed by atoms with Crippen molar-refractivity contribution in [2.24, 2.45) is 11.8 Å². The zero-order valence-corrected chi connectivity index (χ0v) is 13.2. The number of rotatable bonds is 5. The Labute approximate surface area is 122 Å². The number of piperidine rings is 1. The predicted molar refractivity (Wildman–Crippen MR) is 79.6 cm³/mol. The van der Waals surface area contributed by atoms with E-state index in [-0.39, 0.29) is 0 Å². The van der Waals surface area contributed by atoms with Crippen molar-refractivity contribution < 1.29 is 8.42 Å². The van der Waals surface area contributed by atoms with E-state index in [0.717, 1.165) is 25.8 Å². The number of hydrogen-bond donors (Lipinski definition) is 1. The second kappa shape index (κ2) is 5.91. The summed E-state index contributed by atoms with van der Waals surface area (Å²) in [7, 11) is -3.21. The molecule has 3 aliphatic rings. The molecule has 1 saturated carbocycles. The van der Waals surface area contributed by atoms with Crippen molar-refractivity contribution >= 4 is 10.2 Å². The minimum absolute atomic E-state index is 0.485. The topological polar surface area (TPSA) is 52.7 Å². The van der Waals surface area contributed by atoms with Crippen LogP contribution in [0.4, 0.5) is 0 Å². The lowest BCUT2D eigenvalue weighted by molar-refractivity contribution is 0.245. The lowest BCUT2D eigenvalue weighted by atomic mass is 10.00. The minimum Gasteiger partial charge on any atom is -0.314 e. The molecule has 6 heteroatoms. The Kier molecular flexibility index (Phi) is 4.36. The first kappa shape index (κ1) is 14.8. The Balaban J connectivity index is 1.57. The van der Waals surface area contributed by atoms with Crippen LogP contribution < -0.4 is 5.32 Å². The van der Waals surface area contributed by atoms with Crippen LogP contribution in [0, 0.1) is 11.8 Å². The smallest absolute Gasteiger partial charge is 0.281 e.